The molecule has 0 amide bonds. The second-order valence-corrected chi connectivity index (χ2v) is 4.34. The van der Waals surface area contributed by atoms with Gasteiger partial charge in [-0.2, -0.15) is 13.2 Å². The third-order valence-corrected chi connectivity index (χ3v) is 2.94. The number of halogens is 3. The predicted octanol–water partition coefficient (Wildman–Crippen LogP) is 1.98. The molecule has 0 saturated heterocycles. The van der Waals surface area contributed by atoms with E-state index in [1.807, 2.05) is 4.98 Å². The first-order chi connectivity index (χ1) is 9.29. The molecule has 0 unspecified atom stereocenters. The lowest BCUT2D eigenvalue weighted by atomic mass is 9.99. The molecule has 1 aromatic carbocycles. The molecule has 0 spiro atoms. The molecular weight excluding hydrogens is 273 g/mol. The molecule has 0 radical (unpaired) electrons. The van der Waals surface area contributed by atoms with E-state index in [9.17, 15) is 22.8 Å². The van der Waals surface area contributed by atoms with E-state index in [1.54, 1.807) is 0 Å². The van der Waals surface area contributed by atoms with Crippen molar-refractivity contribution in [2.24, 2.45) is 0 Å². The minimum Gasteiger partial charge on any atom is -0.311 e. The molecule has 2 N–H and O–H groups in total. The van der Waals surface area contributed by atoms with Gasteiger partial charge in [-0.05, 0) is 18.6 Å². The summed E-state index contributed by atoms with van der Waals surface area (Å²) in [6, 6.07) is 5.04. The monoisotopic (exact) mass is 284 g/mol. The molecular formula is C13H11F3N2O2. The van der Waals surface area contributed by atoms with Crippen molar-refractivity contribution in [2.75, 3.05) is 0 Å². The van der Waals surface area contributed by atoms with Gasteiger partial charge in [0.2, 0.25) is 0 Å². The van der Waals surface area contributed by atoms with E-state index >= 15 is 0 Å². The first-order valence-electron chi connectivity index (χ1n) is 5.76. The highest BCUT2D eigenvalue weighted by Gasteiger charge is 2.33. The predicted molar refractivity (Wildman–Crippen MR) is 66.7 cm³/mol. The molecule has 1 heterocycles. The fourth-order valence-electron chi connectivity index (χ4n) is 1.98. The lowest BCUT2D eigenvalue weighted by molar-refractivity contribution is -0.138. The molecule has 7 heteroatoms. The van der Waals surface area contributed by atoms with Crippen molar-refractivity contribution in [3.63, 3.8) is 0 Å². The summed E-state index contributed by atoms with van der Waals surface area (Å²) in [5, 5.41) is 0. The van der Waals surface area contributed by atoms with Crippen molar-refractivity contribution < 1.29 is 13.2 Å². The number of alkyl halides is 3. The Hall–Kier alpha value is -2.31. The fraction of sp³-hybridized carbons (Fsp3) is 0.231. The van der Waals surface area contributed by atoms with Crippen molar-refractivity contribution in [1.82, 2.24) is 9.97 Å². The summed E-state index contributed by atoms with van der Waals surface area (Å²) >= 11 is 0. The zero-order valence-corrected chi connectivity index (χ0v) is 10.5. The average Bonchev–Trinajstić information content (AvgIpc) is 2.33. The molecule has 2 aromatic rings. The van der Waals surface area contributed by atoms with Gasteiger partial charge in [0, 0.05) is 17.7 Å². The summed E-state index contributed by atoms with van der Waals surface area (Å²) < 4.78 is 38.6. The first-order valence-corrected chi connectivity index (χ1v) is 5.76. The summed E-state index contributed by atoms with van der Waals surface area (Å²) in [5.74, 6) is 0. The molecule has 0 fully saturated rings. The topological polar surface area (TPSA) is 65.7 Å². The van der Waals surface area contributed by atoms with Gasteiger partial charge in [-0.1, -0.05) is 18.2 Å². The van der Waals surface area contributed by atoms with Crippen LogP contribution in [-0.4, -0.2) is 9.97 Å². The Kier molecular flexibility index (Phi) is 3.52. The van der Waals surface area contributed by atoms with E-state index in [-0.39, 0.29) is 23.2 Å². The number of hydrogen-bond donors (Lipinski definition) is 2. The lowest BCUT2D eigenvalue weighted by Crippen LogP contribution is -2.27. The molecule has 1 aromatic heterocycles. The Morgan fingerprint density at radius 1 is 1.10 bits per heavy atom. The SMILES string of the molecule is Cc1[nH]c(=O)[nH]c(=O)c1Cc1ccccc1C(F)(F)F. The van der Waals surface area contributed by atoms with Crippen molar-refractivity contribution in [2.45, 2.75) is 19.5 Å². The summed E-state index contributed by atoms with van der Waals surface area (Å²) in [5.41, 5.74) is -1.79. The number of rotatable bonds is 2. The van der Waals surface area contributed by atoms with Crippen molar-refractivity contribution in [3.8, 4) is 0 Å². The molecule has 106 valence electrons. The quantitative estimate of drug-likeness (QED) is 0.885. The smallest absolute Gasteiger partial charge is 0.311 e. The molecule has 0 aliphatic heterocycles. The van der Waals surface area contributed by atoms with Gasteiger partial charge in [0.1, 0.15) is 0 Å². The maximum atomic E-state index is 12.9. The molecule has 4 nitrogen and oxygen atoms in total. The van der Waals surface area contributed by atoms with Crippen molar-refractivity contribution in [3.05, 3.63) is 67.5 Å². The van der Waals surface area contributed by atoms with E-state index in [4.69, 9.17) is 0 Å². The minimum atomic E-state index is -4.49. The lowest BCUT2D eigenvalue weighted by Gasteiger charge is -2.12. The molecule has 20 heavy (non-hydrogen) atoms. The number of aromatic amines is 2. The normalized spacial score (nSPS) is 11.6. The van der Waals surface area contributed by atoms with E-state index in [1.165, 1.54) is 25.1 Å². The molecule has 0 atom stereocenters. The van der Waals surface area contributed by atoms with E-state index < -0.39 is 23.0 Å². The minimum absolute atomic E-state index is 0.0133. The third-order valence-electron chi connectivity index (χ3n) is 2.94. The van der Waals surface area contributed by atoms with Crippen LogP contribution in [0.4, 0.5) is 13.2 Å². The molecule has 0 saturated carbocycles. The van der Waals surface area contributed by atoms with Crippen LogP contribution in [-0.2, 0) is 12.6 Å². The number of aryl methyl sites for hydroxylation is 1. The molecule has 2 rings (SSSR count). The Balaban J connectivity index is 2.52. The van der Waals surface area contributed by atoms with Crippen LogP contribution in [0.2, 0.25) is 0 Å². The van der Waals surface area contributed by atoms with Gasteiger partial charge in [-0.25, -0.2) is 4.79 Å². The zero-order chi connectivity index (χ0) is 14.9. The van der Waals surface area contributed by atoms with Crippen LogP contribution in [0, 0.1) is 6.92 Å². The standard InChI is InChI=1S/C13H11F3N2O2/c1-7-9(11(19)18-12(20)17-7)6-8-4-2-3-5-10(8)13(14,15)16/h2-5H,6H2,1H3,(H2,17,18,19,20). The van der Waals surface area contributed by atoms with E-state index in [0.29, 0.717) is 0 Å². The Morgan fingerprint density at radius 2 is 1.75 bits per heavy atom. The second-order valence-electron chi connectivity index (χ2n) is 4.34. The van der Waals surface area contributed by atoms with Crippen LogP contribution in [0.3, 0.4) is 0 Å². The molecule has 0 aliphatic rings. The highest BCUT2D eigenvalue weighted by atomic mass is 19.4. The Morgan fingerprint density at radius 3 is 2.35 bits per heavy atom. The molecule has 0 aliphatic carbocycles. The molecule has 0 bridgehead atoms. The fourth-order valence-corrected chi connectivity index (χ4v) is 1.98. The van der Waals surface area contributed by atoms with Crippen molar-refractivity contribution in [1.29, 1.82) is 0 Å². The Labute approximate surface area is 111 Å². The van der Waals surface area contributed by atoms with Gasteiger partial charge >= 0.3 is 11.9 Å². The number of nitrogens with one attached hydrogen (secondary N) is 2. The first kappa shape index (κ1) is 14.1. The zero-order valence-electron chi connectivity index (χ0n) is 10.5. The van der Waals surface area contributed by atoms with Gasteiger partial charge in [-0.15, -0.1) is 0 Å². The van der Waals surface area contributed by atoms with Crippen molar-refractivity contribution >= 4 is 0 Å². The van der Waals surface area contributed by atoms with Crippen LogP contribution in [0.5, 0.6) is 0 Å². The summed E-state index contributed by atoms with van der Waals surface area (Å²) in [7, 11) is 0. The van der Waals surface area contributed by atoms with Crippen LogP contribution < -0.4 is 11.2 Å². The largest absolute Gasteiger partial charge is 0.416 e. The van der Waals surface area contributed by atoms with E-state index in [0.717, 1.165) is 6.07 Å². The summed E-state index contributed by atoms with van der Waals surface area (Å²) in [6.07, 6.45) is -4.69. The number of hydrogen-bond acceptors (Lipinski definition) is 2. The highest BCUT2D eigenvalue weighted by molar-refractivity contribution is 5.34. The highest BCUT2D eigenvalue weighted by Crippen LogP contribution is 2.32. The number of H-pyrrole nitrogens is 2. The average molecular weight is 284 g/mol. The second kappa shape index (κ2) is 4.99. The van der Waals surface area contributed by atoms with Gasteiger partial charge in [-0.3, -0.25) is 9.78 Å². The Bertz CT molecular complexity index is 744. The van der Waals surface area contributed by atoms with Gasteiger partial charge in [0.05, 0.1) is 5.56 Å². The van der Waals surface area contributed by atoms with E-state index in [2.05, 4.69) is 4.98 Å². The maximum absolute atomic E-state index is 12.9. The summed E-state index contributed by atoms with van der Waals surface area (Å²) in [4.78, 5) is 27.1. The third kappa shape index (κ3) is 2.81. The number of benzene rings is 1. The summed E-state index contributed by atoms with van der Waals surface area (Å²) in [6.45, 7) is 1.47. The van der Waals surface area contributed by atoms with Crippen LogP contribution in [0.25, 0.3) is 0 Å². The van der Waals surface area contributed by atoms with Crippen LogP contribution >= 0.6 is 0 Å². The maximum Gasteiger partial charge on any atom is 0.416 e. The van der Waals surface area contributed by atoms with Crippen LogP contribution in [0.15, 0.2) is 33.9 Å². The van der Waals surface area contributed by atoms with Gasteiger partial charge < -0.3 is 4.98 Å². The van der Waals surface area contributed by atoms with Crippen LogP contribution in [0.1, 0.15) is 22.4 Å². The number of aromatic nitrogens is 2. The van der Waals surface area contributed by atoms with Gasteiger partial charge in [0.15, 0.2) is 0 Å². The van der Waals surface area contributed by atoms with Gasteiger partial charge in [0.25, 0.3) is 5.56 Å².